The van der Waals surface area contributed by atoms with Crippen LogP contribution in [0.3, 0.4) is 0 Å². The van der Waals surface area contributed by atoms with Gasteiger partial charge in [-0.05, 0) is 0 Å². The smallest absolute Gasteiger partial charge is 1.00 e. The largest absolute Gasteiger partial charge is 1.00 e. The van der Waals surface area contributed by atoms with Crippen LogP contribution in [-0.2, 0) is 23.2 Å². The zero-order valence-electron chi connectivity index (χ0n) is 12.6. The molecule has 0 saturated carbocycles. The van der Waals surface area contributed by atoms with Gasteiger partial charge < -0.3 is 34.0 Å². The Morgan fingerprint density at radius 1 is 0.737 bits per heavy atom. The molecule has 0 aromatic heterocycles. The number of hydrogen-bond acceptors (Lipinski definition) is 0. The molecule has 0 aliphatic heterocycles. The quantitative estimate of drug-likeness (QED) is 0.504. The molecule has 0 N–H and O–H groups in total. The summed E-state index contributed by atoms with van der Waals surface area (Å²) < 4.78 is 0.802. The van der Waals surface area contributed by atoms with E-state index in [4.69, 9.17) is 0 Å². The average Bonchev–Trinajstić information content (AvgIpc) is 2.66. The van der Waals surface area contributed by atoms with Crippen LogP contribution >= 0.6 is 0 Å². The van der Waals surface area contributed by atoms with E-state index >= 15 is 0 Å². The van der Waals surface area contributed by atoms with Gasteiger partial charge in [0, 0.05) is 0 Å². The minimum atomic E-state index is -0.603. The predicted molar refractivity (Wildman–Crippen MR) is 71.8 cm³/mol. The van der Waals surface area contributed by atoms with Gasteiger partial charge in [0.2, 0.25) is 0 Å². The van der Waals surface area contributed by atoms with Crippen LogP contribution in [0.5, 0.6) is 0 Å². The minimum absolute atomic E-state index is 0. The second-order valence-electron chi connectivity index (χ2n) is 5.81. The van der Waals surface area contributed by atoms with Crippen molar-refractivity contribution in [2.75, 3.05) is 0 Å². The molecule has 0 radical (unpaired) electrons. The summed E-state index contributed by atoms with van der Waals surface area (Å²) in [5.41, 5.74) is 6.18. The Hall–Kier alpha value is 0.803. The molecule has 3 heteroatoms. The van der Waals surface area contributed by atoms with Crippen molar-refractivity contribution < 1.29 is 57.2 Å². The van der Waals surface area contributed by atoms with Crippen LogP contribution < -0.4 is 34.0 Å². The maximum atomic E-state index is 2.46. The molecule has 0 spiro atoms. The van der Waals surface area contributed by atoms with E-state index in [9.17, 15) is 0 Å². The van der Waals surface area contributed by atoms with Gasteiger partial charge in [0.15, 0.2) is 0 Å². The number of allylic oxidation sites excluding steroid dienone is 8. The van der Waals surface area contributed by atoms with Crippen LogP contribution in [0.2, 0.25) is 6.25 Å². The third-order valence-electron chi connectivity index (χ3n) is 4.59. The second kappa shape index (κ2) is 6.71. The molecule has 0 nitrogen and oxygen atoms in total. The van der Waals surface area contributed by atoms with Gasteiger partial charge in [-0.3, -0.25) is 0 Å². The van der Waals surface area contributed by atoms with Gasteiger partial charge in [0.25, 0.3) is 0 Å². The van der Waals surface area contributed by atoms with Gasteiger partial charge in [0.1, 0.15) is 0 Å². The van der Waals surface area contributed by atoms with E-state index < -0.39 is 23.2 Å². The zero-order valence-corrected chi connectivity index (χ0v) is 18.2. The molecule has 2 atom stereocenters. The van der Waals surface area contributed by atoms with Crippen molar-refractivity contribution >= 4 is 0 Å². The maximum Gasteiger partial charge on any atom is -1.00 e. The molecule has 0 amide bonds. The summed E-state index contributed by atoms with van der Waals surface area (Å²) in [5, 5.41) is 0. The van der Waals surface area contributed by atoms with Gasteiger partial charge in [-0.2, -0.15) is 0 Å². The predicted octanol–water partition coefficient (Wildman–Crippen LogP) is -0.753. The van der Waals surface area contributed by atoms with E-state index in [1.165, 1.54) is 11.1 Å². The summed E-state index contributed by atoms with van der Waals surface area (Å²) in [7, 11) is 0. The van der Waals surface area contributed by atoms with Crippen molar-refractivity contribution in [3.05, 3.63) is 46.6 Å². The van der Waals surface area contributed by atoms with Crippen LogP contribution in [-0.4, -0.2) is 0 Å². The van der Waals surface area contributed by atoms with Crippen molar-refractivity contribution in [3.63, 3.8) is 0 Å². The van der Waals surface area contributed by atoms with E-state index in [0.29, 0.717) is 6.25 Å². The van der Waals surface area contributed by atoms with Crippen molar-refractivity contribution in [2.24, 2.45) is 0 Å². The molecule has 2 aliphatic carbocycles. The first-order chi connectivity index (χ1) is 7.78. The third-order valence-corrected chi connectivity index (χ3v) is 9.81. The number of halogens is 2. The van der Waals surface area contributed by atoms with Gasteiger partial charge in [0.05, 0.1) is 0 Å². The van der Waals surface area contributed by atoms with E-state index in [0.717, 1.165) is 0 Å². The summed E-state index contributed by atoms with van der Waals surface area (Å²) in [6.07, 6.45) is 9.57. The SMILES string of the molecule is CC1=C(C)[C](C)([Zr+2][C]2(C)C=CC(C)=C2C)C=C1.[Br-].[Br-]. The van der Waals surface area contributed by atoms with Crippen molar-refractivity contribution in [1.29, 1.82) is 0 Å². The van der Waals surface area contributed by atoms with Crippen molar-refractivity contribution in [3.8, 4) is 0 Å². The Bertz CT molecular complexity index is 441. The fourth-order valence-corrected chi connectivity index (χ4v) is 8.08. The molecule has 19 heavy (non-hydrogen) atoms. The van der Waals surface area contributed by atoms with E-state index in [1.807, 2.05) is 0 Å². The molecule has 2 unspecified atom stereocenters. The minimum Gasteiger partial charge on any atom is -1.00 e. The third kappa shape index (κ3) is 3.53. The number of rotatable bonds is 2. The summed E-state index contributed by atoms with van der Waals surface area (Å²) in [6.45, 7) is 14.0. The van der Waals surface area contributed by atoms with Crippen molar-refractivity contribution in [2.45, 2.75) is 47.8 Å². The summed E-state index contributed by atoms with van der Waals surface area (Å²) in [4.78, 5) is 0. The first-order valence-electron chi connectivity index (χ1n) is 6.32. The molecule has 0 aromatic rings. The standard InChI is InChI=1S/2C8H11.2BrH.Zr/c2*1-6-4-5-7(2)8(6)3;;;/h2*4-5H,1-3H3;2*1H;/q;;;;+2/p-2. The van der Waals surface area contributed by atoms with Crippen LogP contribution in [0.1, 0.15) is 41.5 Å². The number of hydrogen-bond donors (Lipinski definition) is 0. The normalized spacial score (nSPS) is 32.3. The molecule has 0 heterocycles. The van der Waals surface area contributed by atoms with Gasteiger partial charge in [-0.15, -0.1) is 0 Å². The van der Waals surface area contributed by atoms with E-state index in [-0.39, 0.29) is 34.0 Å². The molecule has 0 aromatic carbocycles. The fraction of sp³-hybridized carbons (Fsp3) is 0.500. The Kier molecular flexibility index (Phi) is 6.99. The van der Waals surface area contributed by atoms with E-state index in [2.05, 4.69) is 65.8 Å². The fourth-order valence-electron chi connectivity index (χ4n) is 2.71. The van der Waals surface area contributed by atoms with Gasteiger partial charge in [-0.1, -0.05) is 0 Å². The zero-order chi connectivity index (χ0) is 12.8. The van der Waals surface area contributed by atoms with Gasteiger partial charge >= 0.3 is 118 Å². The first kappa shape index (κ1) is 19.8. The maximum absolute atomic E-state index is 2.46. The Morgan fingerprint density at radius 2 is 1.05 bits per heavy atom. The van der Waals surface area contributed by atoms with Crippen molar-refractivity contribution in [1.82, 2.24) is 0 Å². The molecular weight excluding hydrogens is 443 g/mol. The van der Waals surface area contributed by atoms with Gasteiger partial charge in [-0.25, -0.2) is 0 Å². The summed E-state index contributed by atoms with van der Waals surface area (Å²) in [6, 6.07) is 0. The first-order valence-corrected chi connectivity index (χ1v) is 8.78. The molecule has 104 valence electrons. The molecule has 0 bridgehead atoms. The molecule has 2 aliphatic rings. The van der Waals surface area contributed by atoms with E-state index in [1.54, 1.807) is 11.1 Å². The Labute approximate surface area is 150 Å². The van der Waals surface area contributed by atoms with Crippen LogP contribution in [0.4, 0.5) is 0 Å². The Morgan fingerprint density at radius 3 is 1.26 bits per heavy atom. The molecular formula is C16H22Br2Zr. The topological polar surface area (TPSA) is 0 Å². The average molecular weight is 465 g/mol. The molecule has 0 saturated heterocycles. The summed E-state index contributed by atoms with van der Waals surface area (Å²) in [5.74, 6) is 0. The Balaban J connectivity index is 0.00000162. The van der Waals surface area contributed by atoms with Crippen LogP contribution in [0.25, 0.3) is 0 Å². The second-order valence-corrected chi connectivity index (χ2v) is 11.5. The molecule has 2 rings (SSSR count). The van der Waals surface area contributed by atoms with Crippen LogP contribution in [0.15, 0.2) is 46.6 Å². The van der Waals surface area contributed by atoms with Crippen LogP contribution in [0, 0.1) is 0 Å². The summed E-state index contributed by atoms with van der Waals surface area (Å²) >= 11 is -0.603. The molecule has 0 fully saturated rings. The monoisotopic (exact) mass is 462 g/mol.